The van der Waals surface area contributed by atoms with Crippen molar-refractivity contribution in [2.75, 3.05) is 0 Å². The third-order valence-corrected chi connectivity index (χ3v) is 2.59. The molecule has 0 bridgehead atoms. The molecule has 0 aromatic heterocycles. The number of nitrogens with one attached hydrogen (secondary N) is 1. The van der Waals surface area contributed by atoms with Gasteiger partial charge in [0.15, 0.2) is 0 Å². The third-order valence-electron chi connectivity index (χ3n) is 2.59. The summed E-state index contributed by atoms with van der Waals surface area (Å²) in [6, 6.07) is 8.50. The van der Waals surface area contributed by atoms with Crippen LogP contribution >= 0.6 is 0 Å². The zero-order valence-corrected chi connectivity index (χ0v) is 9.71. The number of benzene rings is 1. The highest BCUT2D eigenvalue weighted by atomic mass is 16.1. The minimum Gasteiger partial charge on any atom is -0.350 e. The first-order valence-corrected chi connectivity index (χ1v) is 5.55. The first-order chi connectivity index (χ1) is 7.17. The first-order valence-electron chi connectivity index (χ1n) is 5.55. The molecule has 1 aromatic rings. The number of aryl methyl sites for hydroxylation is 1. The van der Waals surface area contributed by atoms with Crippen LogP contribution in [0.15, 0.2) is 24.3 Å². The average molecular weight is 205 g/mol. The molecular weight excluding hydrogens is 186 g/mol. The van der Waals surface area contributed by atoms with Crippen molar-refractivity contribution in [2.45, 2.75) is 39.7 Å². The molecule has 2 heteroatoms. The molecule has 0 spiro atoms. The standard InChI is InChI=1S/C13H19NO/c1-4-11-6-8-12(9-7-11)10(3)14-13(15)5-2/h6-10H,4-5H2,1-3H3,(H,14,15)/t10-/m1/s1. The van der Waals surface area contributed by atoms with Gasteiger partial charge in [-0.15, -0.1) is 0 Å². The Bertz CT molecular complexity index is 316. The lowest BCUT2D eigenvalue weighted by molar-refractivity contribution is -0.121. The molecule has 0 fully saturated rings. The van der Waals surface area contributed by atoms with Gasteiger partial charge in [0.05, 0.1) is 6.04 Å². The van der Waals surface area contributed by atoms with Crippen molar-refractivity contribution in [3.8, 4) is 0 Å². The number of hydrogen-bond donors (Lipinski definition) is 1. The first kappa shape index (κ1) is 11.8. The van der Waals surface area contributed by atoms with Gasteiger partial charge in [-0.2, -0.15) is 0 Å². The van der Waals surface area contributed by atoms with Gasteiger partial charge < -0.3 is 5.32 Å². The molecule has 0 radical (unpaired) electrons. The van der Waals surface area contributed by atoms with Gasteiger partial charge in [-0.25, -0.2) is 0 Å². The Morgan fingerprint density at radius 1 is 1.27 bits per heavy atom. The van der Waals surface area contributed by atoms with Crippen LogP contribution in [-0.2, 0) is 11.2 Å². The molecule has 0 aliphatic carbocycles. The fraction of sp³-hybridized carbons (Fsp3) is 0.462. The highest BCUT2D eigenvalue weighted by Gasteiger charge is 2.07. The van der Waals surface area contributed by atoms with Crippen LogP contribution in [0.4, 0.5) is 0 Å². The van der Waals surface area contributed by atoms with Crippen molar-refractivity contribution in [3.05, 3.63) is 35.4 Å². The van der Waals surface area contributed by atoms with E-state index in [9.17, 15) is 4.79 Å². The molecule has 0 heterocycles. The lowest BCUT2D eigenvalue weighted by Gasteiger charge is -2.14. The molecule has 1 rings (SSSR count). The van der Waals surface area contributed by atoms with Gasteiger partial charge >= 0.3 is 0 Å². The molecule has 1 atom stereocenters. The van der Waals surface area contributed by atoms with Crippen LogP contribution in [0.5, 0.6) is 0 Å². The van der Waals surface area contributed by atoms with Crippen LogP contribution in [0, 0.1) is 0 Å². The summed E-state index contributed by atoms with van der Waals surface area (Å²) in [6.07, 6.45) is 1.59. The molecule has 1 aromatic carbocycles. The van der Waals surface area contributed by atoms with Gasteiger partial charge in [0.25, 0.3) is 0 Å². The molecular formula is C13H19NO. The lowest BCUT2D eigenvalue weighted by Crippen LogP contribution is -2.25. The van der Waals surface area contributed by atoms with Crippen molar-refractivity contribution in [2.24, 2.45) is 0 Å². The molecule has 0 unspecified atom stereocenters. The maximum atomic E-state index is 11.2. The van der Waals surface area contributed by atoms with E-state index in [1.807, 2.05) is 13.8 Å². The average Bonchev–Trinajstić information content (AvgIpc) is 2.29. The van der Waals surface area contributed by atoms with Gasteiger partial charge in [-0.3, -0.25) is 4.79 Å². The molecule has 82 valence electrons. The summed E-state index contributed by atoms with van der Waals surface area (Å²) < 4.78 is 0. The summed E-state index contributed by atoms with van der Waals surface area (Å²) in [4.78, 5) is 11.2. The molecule has 1 N–H and O–H groups in total. The predicted octanol–water partition coefficient (Wildman–Crippen LogP) is 2.84. The highest BCUT2D eigenvalue weighted by molar-refractivity contribution is 5.75. The van der Waals surface area contributed by atoms with Crippen molar-refractivity contribution in [3.63, 3.8) is 0 Å². The van der Waals surface area contributed by atoms with Crippen LogP contribution < -0.4 is 5.32 Å². The van der Waals surface area contributed by atoms with Crippen LogP contribution in [0.2, 0.25) is 0 Å². The van der Waals surface area contributed by atoms with E-state index in [1.165, 1.54) is 5.56 Å². The quantitative estimate of drug-likeness (QED) is 0.804. The summed E-state index contributed by atoms with van der Waals surface area (Å²) in [6.45, 7) is 6.01. The second kappa shape index (κ2) is 5.54. The van der Waals surface area contributed by atoms with Gasteiger partial charge in [-0.05, 0) is 24.5 Å². The second-order valence-corrected chi connectivity index (χ2v) is 3.74. The minimum absolute atomic E-state index is 0.0991. The Morgan fingerprint density at radius 2 is 1.87 bits per heavy atom. The Morgan fingerprint density at radius 3 is 2.33 bits per heavy atom. The Kier molecular flexibility index (Phi) is 4.35. The van der Waals surface area contributed by atoms with E-state index in [2.05, 4.69) is 36.5 Å². The second-order valence-electron chi connectivity index (χ2n) is 3.74. The molecule has 0 saturated heterocycles. The van der Waals surface area contributed by atoms with E-state index in [1.54, 1.807) is 0 Å². The molecule has 1 amide bonds. The van der Waals surface area contributed by atoms with Gasteiger partial charge in [0.2, 0.25) is 5.91 Å². The molecule has 2 nitrogen and oxygen atoms in total. The summed E-state index contributed by atoms with van der Waals surface area (Å²) >= 11 is 0. The van der Waals surface area contributed by atoms with Gasteiger partial charge in [0, 0.05) is 6.42 Å². The van der Waals surface area contributed by atoms with E-state index in [0.29, 0.717) is 6.42 Å². The topological polar surface area (TPSA) is 29.1 Å². The zero-order valence-electron chi connectivity index (χ0n) is 9.71. The van der Waals surface area contributed by atoms with Gasteiger partial charge in [0.1, 0.15) is 0 Å². The van der Waals surface area contributed by atoms with Crippen molar-refractivity contribution >= 4 is 5.91 Å². The van der Waals surface area contributed by atoms with E-state index in [4.69, 9.17) is 0 Å². The Hall–Kier alpha value is -1.31. The predicted molar refractivity (Wildman–Crippen MR) is 62.7 cm³/mol. The summed E-state index contributed by atoms with van der Waals surface area (Å²) in [5.41, 5.74) is 2.49. The van der Waals surface area contributed by atoms with E-state index in [0.717, 1.165) is 12.0 Å². The number of rotatable bonds is 4. The van der Waals surface area contributed by atoms with Crippen molar-refractivity contribution < 1.29 is 4.79 Å². The highest BCUT2D eigenvalue weighted by Crippen LogP contribution is 2.13. The number of carbonyl (C=O) groups excluding carboxylic acids is 1. The maximum absolute atomic E-state index is 11.2. The Balaban J connectivity index is 2.65. The zero-order chi connectivity index (χ0) is 11.3. The van der Waals surface area contributed by atoms with Crippen LogP contribution in [0.1, 0.15) is 44.4 Å². The molecule has 0 saturated carbocycles. The number of amides is 1. The van der Waals surface area contributed by atoms with Crippen LogP contribution in [-0.4, -0.2) is 5.91 Å². The van der Waals surface area contributed by atoms with Gasteiger partial charge in [-0.1, -0.05) is 38.1 Å². The molecule has 0 aliphatic rings. The monoisotopic (exact) mass is 205 g/mol. The fourth-order valence-corrected chi connectivity index (χ4v) is 1.47. The summed E-state index contributed by atoms with van der Waals surface area (Å²) in [7, 11) is 0. The van der Waals surface area contributed by atoms with Crippen molar-refractivity contribution in [1.82, 2.24) is 5.32 Å². The molecule has 0 aliphatic heterocycles. The SMILES string of the molecule is CCC(=O)N[C@H](C)c1ccc(CC)cc1. The van der Waals surface area contributed by atoms with Crippen LogP contribution in [0.25, 0.3) is 0 Å². The smallest absolute Gasteiger partial charge is 0.220 e. The lowest BCUT2D eigenvalue weighted by atomic mass is 10.0. The Labute approximate surface area is 91.7 Å². The molecule has 15 heavy (non-hydrogen) atoms. The van der Waals surface area contributed by atoms with E-state index in [-0.39, 0.29) is 11.9 Å². The largest absolute Gasteiger partial charge is 0.350 e. The van der Waals surface area contributed by atoms with E-state index >= 15 is 0 Å². The minimum atomic E-state index is 0.0991. The van der Waals surface area contributed by atoms with Crippen LogP contribution in [0.3, 0.4) is 0 Å². The third kappa shape index (κ3) is 3.39. The maximum Gasteiger partial charge on any atom is 0.220 e. The van der Waals surface area contributed by atoms with Crippen molar-refractivity contribution in [1.29, 1.82) is 0 Å². The number of hydrogen-bond acceptors (Lipinski definition) is 1. The fourth-order valence-electron chi connectivity index (χ4n) is 1.47. The summed E-state index contributed by atoms with van der Waals surface area (Å²) in [5, 5.41) is 2.94. The number of carbonyl (C=O) groups is 1. The van der Waals surface area contributed by atoms with E-state index < -0.39 is 0 Å². The normalized spacial score (nSPS) is 12.2. The summed E-state index contributed by atoms with van der Waals surface area (Å²) in [5.74, 6) is 0.0991.